The highest BCUT2D eigenvalue weighted by atomic mass is 16.5. The van der Waals surface area contributed by atoms with Crippen LogP contribution in [0.25, 0.3) is 10.8 Å². The Balaban J connectivity index is 1.69. The van der Waals surface area contributed by atoms with E-state index in [0.717, 1.165) is 5.75 Å². The molecule has 3 rings (SSSR count). The molecular formula is C19H25NO3. The van der Waals surface area contributed by atoms with E-state index in [-0.39, 0.29) is 6.04 Å². The largest absolute Gasteiger partial charge is 0.497 e. The summed E-state index contributed by atoms with van der Waals surface area (Å²) in [4.78, 5) is 0. The lowest BCUT2D eigenvalue weighted by atomic mass is 9.93. The van der Waals surface area contributed by atoms with Gasteiger partial charge in [-0.3, -0.25) is 0 Å². The van der Waals surface area contributed by atoms with Crippen molar-refractivity contribution in [2.75, 3.05) is 26.9 Å². The van der Waals surface area contributed by atoms with E-state index in [9.17, 15) is 5.11 Å². The molecule has 2 aromatic rings. The van der Waals surface area contributed by atoms with Gasteiger partial charge in [0, 0.05) is 38.6 Å². The van der Waals surface area contributed by atoms with Crippen molar-refractivity contribution in [3.05, 3.63) is 42.0 Å². The first kappa shape index (κ1) is 16.2. The van der Waals surface area contributed by atoms with Crippen LogP contribution in [0.1, 0.15) is 31.4 Å². The highest BCUT2D eigenvalue weighted by Crippen LogP contribution is 2.25. The molecule has 1 saturated heterocycles. The maximum atomic E-state index is 10.5. The zero-order valence-electron chi connectivity index (χ0n) is 13.8. The summed E-state index contributed by atoms with van der Waals surface area (Å²) in [5.41, 5.74) is 0.579. The van der Waals surface area contributed by atoms with Gasteiger partial charge in [0.1, 0.15) is 5.75 Å². The molecule has 1 aliphatic heterocycles. The molecule has 124 valence electrons. The van der Waals surface area contributed by atoms with Crippen molar-refractivity contribution in [3.63, 3.8) is 0 Å². The first-order chi connectivity index (χ1) is 11.1. The maximum Gasteiger partial charge on any atom is 0.119 e. The van der Waals surface area contributed by atoms with Crippen molar-refractivity contribution >= 4 is 10.8 Å². The van der Waals surface area contributed by atoms with E-state index in [4.69, 9.17) is 9.47 Å². The number of nitrogens with one attached hydrogen (secondary N) is 1. The number of hydrogen-bond acceptors (Lipinski definition) is 4. The van der Waals surface area contributed by atoms with Gasteiger partial charge in [-0.05, 0) is 41.5 Å². The first-order valence-electron chi connectivity index (χ1n) is 8.21. The topological polar surface area (TPSA) is 50.7 Å². The van der Waals surface area contributed by atoms with Crippen LogP contribution in [0.4, 0.5) is 0 Å². The van der Waals surface area contributed by atoms with E-state index in [1.807, 2.05) is 12.1 Å². The van der Waals surface area contributed by atoms with E-state index in [1.54, 1.807) is 7.11 Å². The second-order valence-electron chi connectivity index (χ2n) is 6.41. The van der Waals surface area contributed by atoms with Crippen molar-refractivity contribution in [2.24, 2.45) is 0 Å². The molecule has 0 aromatic heterocycles. The van der Waals surface area contributed by atoms with Gasteiger partial charge in [0.2, 0.25) is 0 Å². The van der Waals surface area contributed by atoms with Crippen LogP contribution in [0.2, 0.25) is 0 Å². The Hall–Kier alpha value is -1.62. The first-order valence-corrected chi connectivity index (χ1v) is 8.21. The van der Waals surface area contributed by atoms with Crippen LogP contribution in [0.15, 0.2) is 36.4 Å². The molecule has 0 aliphatic carbocycles. The van der Waals surface area contributed by atoms with Crippen LogP contribution < -0.4 is 10.1 Å². The summed E-state index contributed by atoms with van der Waals surface area (Å²) in [5, 5.41) is 16.4. The summed E-state index contributed by atoms with van der Waals surface area (Å²) in [6.45, 7) is 4.01. The number of ether oxygens (including phenoxy) is 2. The lowest BCUT2D eigenvalue weighted by Gasteiger charge is -2.33. The van der Waals surface area contributed by atoms with Gasteiger partial charge in [0.25, 0.3) is 0 Å². The minimum atomic E-state index is -0.642. The highest BCUT2D eigenvalue weighted by molar-refractivity contribution is 5.84. The number of benzene rings is 2. The Bertz CT molecular complexity index is 665. The summed E-state index contributed by atoms with van der Waals surface area (Å²) < 4.78 is 10.6. The predicted molar refractivity (Wildman–Crippen MR) is 91.9 cm³/mol. The van der Waals surface area contributed by atoms with Gasteiger partial charge in [0.05, 0.1) is 12.7 Å². The van der Waals surface area contributed by atoms with Gasteiger partial charge in [-0.25, -0.2) is 0 Å². The maximum absolute atomic E-state index is 10.5. The molecule has 1 atom stereocenters. The highest BCUT2D eigenvalue weighted by Gasteiger charge is 2.29. The number of aliphatic hydroxyl groups is 1. The van der Waals surface area contributed by atoms with Crippen molar-refractivity contribution in [2.45, 2.75) is 31.4 Å². The molecule has 1 aliphatic rings. The molecule has 0 spiro atoms. The summed E-state index contributed by atoms with van der Waals surface area (Å²) in [5.74, 6) is 0.873. The second-order valence-corrected chi connectivity index (χ2v) is 6.41. The third-order valence-electron chi connectivity index (χ3n) is 4.73. The normalized spacial score (nSPS) is 18.7. The second kappa shape index (κ2) is 6.87. The van der Waals surface area contributed by atoms with Gasteiger partial charge >= 0.3 is 0 Å². The minimum absolute atomic E-state index is 0.188. The summed E-state index contributed by atoms with van der Waals surface area (Å²) >= 11 is 0. The molecule has 4 heteroatoms. The Morgan fingerprint density at radius 1 is 1.17 bits per heavy atom. The molecule has 0 amide bonds. The predicted octanol–water partition coefficient (Wildman–Crippen LogP) is 3.04. The van der Waals surface area contributed by atoms with Crippen LogP contribution in [-0.4, -0.2) is 37.6 Å². The molecule has 1 unspecified atom stereocenters. The monoisotopic (exact) mass is 315 g/mol. The van der Waals surface area contributed by atoms with Gasteiger partial charge in [0.15, 0.2) is 0 Å². The number of fused-ring (bicyclic) bond motifs is 1. The zero-order chi connectivity index (χ0) is 16.3. The standard InChI is InChI=1S/C19H25NO3/c1-14(20-13-19(21)7-9-23-10-8-19)15-3-4-17-12-18(22-2)6-5-16(17)11-15/h3-6,11-12,14,20-21H,7-10,13H2,1-2H3. The fourth-order valence-corrected chi connectivity index (χ4v) is 3.03. The Kier molecular flexibility index (Phi) is 4.85. The van der Waals surface area contributed by atoms with Crippen LogP contribution in [0.5, 0.6) is 5.75 Å². The minimum Gasteiger partial charge on any atom is -0.497 e. The molecule has 1 heterocycles. The van der Waals surface area contributed by atoms with Gasteiger partial charge in [-0.1, -0.05) is 18.2 Å². The van der Waals surface area contributed by atoms with Gasteiger partial charge in [-0.15, -0.1) is 0 Å². The smallest absolute Gasteiger partial charge is 0.119 e. The third-order valence-corrected chi connectivity index (χ3v) is 4.73. The average molecular weight is 315 g/mol. The molecule has 23 heavy (non-hydrogen) atoms. The number of methoxy groups -OCH3 is 1. The van der Waals surface area contributed by atoms with Crippen LogP contribution >= 0.6 is 0 Å². The Morgan fingerprint density at radius 3 is 2.61 bits per heavy atom. The fourth-order valence-electron chi connectivity index (χ4n) is 3.03. The van der Waals surface area contributed by atoms with E-state index in [2.05, 4.69) is 36.5 Å². The van der Waals surface area contributed by atoms with E-state index >= 15 is 0 Å². The quantitative estimate of drug-likeness (QED) is 0.890. The van der Waals surface area contributed by atoms with Gasteiger partial charge in [-0.2, -0.15) is 0 Å². The number of hydrogen-bond donors (Lipinski definition) is 2. The fraction of sp³-hybridized carbons (Fsp3) is 0.474. The molecule has 0 radical (unpaired) electrons. The molecule has 4 nitrogen and oxygen atoms in total. The molecule has 2 aromatic carbocycles. The molecule has 2 N–H and O–H groups in total. The molecule has 1 fully saturated rings. The molecule has 0 saturated carbocycles. The van der Waals surface area contributed by atoms with E-state index in [0.29, 0.717) is 32.6 Å². The lowest BCUT2D eigenvalue weighted by Crippen LogP contribution is -2.45. The lowest BCUT2D eigenvalue weighted by molar-refractivity contribution is -0.0626. The van der Waals surface area contributed by atoms with Crippen LogP contribution in [0, 0.1) is 0 Å². The molecule has 0 bridgehead atoms. The van der Waals surface area contributed by atoms with Crippen LogP contribution in [0.3, 0.4) is 0 Å². The van der Waals surface area contributed by atoms with Crippen LogP contribution in [-0.2, 0) is 4.74 Å². The van der Waals surface area contributed by atoms with Gasteiger partial charge < -0.3 is 19.9 Å². The third kappa shape index (κ3) is 3.83. The van der Waals surface area contributed by atoms with Crippen molar-refractivity contribution in [1.29, 1.82) is 0 Å². The van der Waals surface area contributed by atoms with Crippen molar-refractivity contribution < 1.29 is 14.6 Å². The van der Waals surface area contributed by atoms with Crippen molar-refractivity contribution in [1.82, 2.24) is 5.32 Å². The van der Waals surface area contributed by atoms with Crippen molar-refractivity contribution in [3.8, 4) is 5.75 Å². The summed E-state index contributed by atoms with van der Waals surface area (Å²) in [6.07, 6.45) is 1.40. The average Bonchev–Trinajstić information content (AvgIpc) is 2.59. The summed E-state index contributed by atoms with van der Waals surface area (Å²) in [7, 11) is 1.68. The zero-order valence-corrected chi connectivity index (χ0v) is 13.8. The van der Waals surface area contributed by atoms with E-state index in [1.165, 1.54) is 16.3 Å². The summed E-state index contributed by atoms with van der Waals surface area (Å²) in [6, 6.07) is 12.7. The molecular weight excluding hydrogens is 290 g/mol. The SMILES string of the molecule is COc1ccc2cc(C(C)NCC3(O)CCOCC3)ccc2c1. The number of rotatable bonds is 5. The Labute approximate surface area is 137 Å². The van der Waals surface area contributed by atoms with E-state index < -0.39 is 5.60 Å². The Morgan fingerprint density at radius 2 is 1.87 bits per heavy atom.